The Morgan fingerprint density at radius 2 is 1.95 bits per heavy atom. The van der Waals surface area contributed by atoms with Crippen LogP contribution < -0.4 is 10.1 Å². The van der Waals surface area contributed by atoms with E-state index in [9.17, 15) is 9.59 Å². The lowest BCUT2D eigenvalue weighted by Gasteiger charge is -2.17. The number of hydrogen-bond acceptors (Lipinski definition) is 4. The minimum Gasteiger partial charge on any atom is -0.484 e. The number of rotatable bonds is 9. The molecule has 0 radical (unpaired) electrons. The van der Waals surface area contributed by atoms with E-state index in [0.717, 1.165) is 6.42 Å². The zero-order chi connectivity index (χ0) is 16.4. The standard InChI is InChI=1S/C15H21ClN2O4/c1-18(10-14(19)17-8-3-9-21-2)15(20)11-22-13-6-4-12(16)5-7-13/h4-7H,3,8-11H2,1-2H3,(H,17,19). The smallest absolute Gasteiger partial charge is 0.260 e. The summed E-state index contributed by atoms with van der Waals surface area (Å²) in [6.07, 6.45) is 0.736. The number of methoxy groups -OCH3 is 1. The summed E-state index contributed by atoms with van der Waals surface area (Å²) in [5.74, 6) is 0.0654. The van der Waals surface area contributed by atoms with E-state index in [0.29, 0.717) is 23.9 Å². The van der Waals surface area contributed by atoms with Crippen molar-refractivity contribution in [2.24, 2.45) is 0 Å². The van der Waals surface area contributed by atoms with Crippen molar-refractivity contribution in [2.75, 3.05) is 40.5 Å². The van der Waals surface area contributed by atoms with E-state index in [4.69, 9.17) is 21.1 Å². The lowest BCUT2D eigenvalue weighted by atomic mass is 10.3. The van der Waals surface area contributed by atoms with Gasteiger partial charge in [-0.05, 0) is 30.7 Å². The average molecular weight is 329 g/mol. The van der Waals surface area contributed by atoms with E-state index in [1.54, 1.807) is 38.4 Å². The zero-order valence-electron chi connectivity index (χ0n) is 12.8. The van der Waals surface area contributed by atoms with Crippen molar-refractivity contribution >= 4 is 23.4 Å². The minimum atomic E-state index is -0.276. The summed E-state index contributed by atoms with van der Waals surface area (Å²) < 4.78 is 10.2. The Morgan fingerprint density at radius 3 is 2.59 bits per heavy atom. The molecule has 1 aromatic carbocycles. The summed E-state index contributed by atoms with van der Waals surface area (Å²) in [5.41, 5.74) is 0. The summed E-state index contributed by atoms with van der Waals surface area (Å²) in [6.45, 7) is 0.977. The number of nitrogens with zero attached hydrogens (tertiary/aromatic N) is 1. The van der Waals surface area contributed by atoms with Gasteiger partial charge in [0.1, 0.15) is 5.75 Å². The molecular formula is C15H21ClN2O4. The third-order valence-electron chi connectivity index (χ3n) is 2.83. The third kappa shape index (κ3) is 7.28. The molecule has 22 heavy (non-hydrogen) atoms. The van der Waals surface area contributed by atoms with Crippen LogP contribution >= 0.6 is 11.6 Å². The molecule has 0 spiro atoms. The fourth-order valence-electron chi connectivity index (χ4n) is 1.59. The quantitative estimate of drug-likeness (QED) is 0.694. The Morgan fingerprint density at radius 1 is 1.27 bits per heavy atom. The molecule has 1 aromatic rings. The molecule has 0 atom stereocenters. The Balaban J connectivity index is 2.26. The molecule has 7 heteroatoms. The fraction of sp³-hybridized carbons (Fsp3) is 0.467. The van der Waals surface area contributed by atoms with Gasteiger partial charge in [-0.2, -0.15) is 0 Å². The van der Waals surface area contributed by atoms with E-state index in [-0.39, 0.29) is 25.0 Å². The first-order valence-corrected chi connectivity index (χ1v) is 7.28. The lowest BCUT2D eigenvalue weighted by molar-refractivity contribution is -0.136. The largest absolute Gasteiger partial charge is 0.484 e. The summed E-state index contributed by atoms with van der Waals surface area (Å²) in [6, 6.07) is 6.72. The first kappa shape index (κ1) is 18.3. The van der Waals surface area contributed by atoms with Crippen molar-refractivity contribution in [1.29, 1.82) is 0 Å². The van der Waals surface area contributed by atoms with Crippen LogP contribution in [-0.2, 0) is 14.3 Å². The molecular weight excluding hydrogens is 308 g/mol. The van der Waals surface area contributed by atoms with E-state index < -0.39 is 0 Å². The van der Waals surface area contributed by atoms with Gasteiger partial charge < -0.3 is 19.7 Å². The molecule has 6 nitrogen and oxygen atoms in total. The molecule has 0 heterocycles. The van der Waals surface area contributed by atoms with E-state index in [2.05, 4.69) is 5.32 Å². The molecule has 0 bridgehead atoms. The van der Waals surface area contributed by atoms with Crippen molar-refractivity contribution in [1.82, 2.24) is 10.2 Å². The van der Waals surface area contributed by atoms with Crippen LogP contribution in [0.25, 0.3) is 0 Å². The third-order valence-corrected chi connectivity index (χ3v) is 3.08. The van der Waals surface area contributed by atoms with Crippen LogP contribution in [-0.4, -0.2) is 57.2 Å². The number of benzene rings is 1. The van der Waals surface area contributed by atoms with E-state index >= 15 is 0 Å². The predicted octanol–water partition coefficient (Wildman–Crippen LogP) is 1.33. The summed E-state index contributed by atoms with van der Waals surface area (Å²) in [5, 5.41) is 3.31. The highest BCUT2D eigenvalue weighted by Crippen LogP contribution is 2.15. The second-order valence-corrected chi connectivity index (χ2v) is 5.13. The van der Waals surface area contributed by atoms with Gasteiger partial charge in [-0.1, -0.05) is 11.6 Å². The number of likely N-dealkylation sites (N-methyl/N-ethyl adjacent to an activating group) is 1. The molecule has 122 valence electrons. The summed E-state index contributed by atoms with van der Waals surface area (Å²) in [7, 11) is 3.16. The summed E-state index contributed by atoms with van der Waals surface area (Å²) >= 11 is 5.76. The van der Waals surface area contributed by atoms with E-state index in [1.807, 2.05) is 0 Å². The second-order valence-electron chi connectivity index (χ2n) is 4.69. The van der Waals surface area contributed by atoms with Gasteiger partial charge in [-0.15, -0.1) is 0 Å². The van der Waals surface area contributed by atoms with Crippen molar-refractivity contribution < 1.29 is 19.1 Å². The molecule has 0 fully saturated rings. The van der Waals surface area contributed by atoms with E-state index in [1.165, 1.54) is 4.90 Å². The maximum atomic E-state index is 11.9. The maximum Gasteiger partial charge on any atom is 0.260 e. The summed E-state index contributed by atoms with van der Waals surface area (Å²) in [4.78, 5) is 24.8. The zero-order valence-corrected chi connectivity index (χ0v) is 13.6. The van der Waals surface area contributed by atoms with Crippen molar-refractivity contribution in [3.05, 3.63) is 29.3 Å². The first-order valence-electron chi connectivity index (χ1n) is 6.91. The SMILES string of the molecule is COCCCNC(=O)CN(C)C(=O)COc1ccc(Cl)cc1. The molecule has 0 saturated carbocycles. The number of hydrogen-bond donors (Lipinski definition) is 1. The molecule has 0 aliphatic rings. The molecule has 0 aliphatic heterocycles. The molecule has 0 unspecified atom stereocenters. The van der Waals surface area contributed by atoms with Crippen molar-refractivity contribution in [3.8, 4) is 5.75 Å². The number of halogens is 1. The van der Waals surface area contributed by atoms with Crippen LogP contribution in [0.4, 0.5) is 0 Å². The predicted molar refractivity (Wildman–Crippen MR) is 84.1 cm³/mol. The maximum absolute atomic E-state index is 11.9. The monoisotopic (exact) mass is 328 g/mol. The van der Waals surface area contributed by atoms with Gasteiger partial charge in [-0.25, -0.2) is 0 Å². The highest BCUT2D eigenvalue weighted by Gasteiger charge is 2.13. The Hall–Kier alpha value is -1.79. The highest BCUT2D eigenvalue weighted by atomic mass is 35.5. The Bertz CT molecular complexity index is 479. The van der Waals surface area contributed by atoms with Crippen LogP contribution in [0, 0.1) is 0 Å². The number of amides is 2. The lowest BCUT2D eigenvalue weighted by Crippen LogP contribution is -2.40. The van der Waals surface area contributed by atoms with Gasteiger partial charge >= 0.3 is 0 Å². The highest BCUT2D eigenvalue weighted by molar-refractivity contribution is 6.30. The van der Waals surface area contributed by atoms with Crippen LogP contribution in [0.3, 0.4) is 0 Å². The van der Waals surface area contributed by atoms with Gasteiger partial charge in [0.15, 0.2) is 6.61 Å². The molecule has 1 N–H and O–H groups in total. The van der Waals surface area contributed by atoms with Gasteiger partial charge in [0, 0.05) is 32.3 Å². The average Bonchev–Trinajstić information content (AvgIpc) is 2.50. The first-order chi connectivity index (χ1) is 10.5. The molecule has 0 aromatic heterocycles. The number of nitrogens with one attached hydrogen (secondary N) is 1. The molecule has 2 amide bonds. The number of carbonyl (C=O) groups excluding carboxylic acids is 2. The van der Waals surface area contributed by atoms with Crippen LogP contribution in [0.2, 0.25) is 5.02 Å². The molecule has 1 rings (SSSR count). The Kier molecular flexibility index (Phi) is 8.32. The topological polar surface area (TPSA) is 67.9 Å². The van der Waals surface area contributed by atoms with Gasteiger partial charge in [0.2, 0.25) is 5.91 Å². The van der Waals surface area contributed by atoms with Gasteiger partial charge in [-0.3, -0.25) is 9.59 Å². The van der Waals surface area contributed by atoms with Crippen LogP contribution in [0.5, 0.6) is 5.75 Å². The van der Waals surface area contributed by atoms with Crippen LogP contribution in [0.1, 0.15) is 6.42 Å². The van der Waals surface area contributed by atoms with Gasteiger partial charge in [0.05, 0.1) is 6.54 Å². The normalized spacial score (nSPS) is 10.1. The fourth-order valence-corrected chi connectivity index (χ4v) is 1.72. The van der Waals surface area contributed by atoms with Crippen molar-refractivity contribution in [2.45, 2.75) is 6.42 Å². The van der Waals surface area contributed by atoms with Crippen LogP contribution in [0.15, 0.2) is 24.3 Å². The molecule has 0 aliphatic carbocycles. The van der Waals surface area contributed by atoms with Crippen molar-refractivity contribution in [3.63, 3.8) is 0 Å². The number of ether oxygens (including phenoxy) is 2. The van der Waals surface area contributed by atoms with Gasteiger partial charge in [0.25, 0.3) is 5.91 Å². The number of carbonyl (C=O) groups is 2. The second kappa shape index (κ2) is 10.0. The Labute approximate surface area is 135 Å². The molecule has 0 saturated heterocycles. The minimum absolute atomic E-state index is 0.00417.